The van der Waals surface area contributed by atoms with Gasteiger partial charge in [-0.3, -0.25) is 4.79 Å². The topological polar surface area (TPSA) is 63.7 Å². The standard InChI is InChI=1S/C20H22ClNO4S/c1-26-19-8-4-15(5-9-19)12-20(23)22(18-10-11-27(24,25)14-18)13-16-2-6-17(21)7-3-16/h2-9,18H,10-14H2,1H3. The smallest absolute Gasteiger partial charge is 0.227 e. The number of nitrogens with zero attached hydrogens (tertiary/aromatic N) is 1. The highest BCUT2D eigenvalue weighted by molar-refractivity contribution is 7.91. The highest BCUT2D eigenvalue weighted by Gasteiger charge is 2.34. The summed E-state index contributed by atoms with van der Waals surface area (Å²) in [6.45, 7) is 0.367. The summed E-state index contributed by atoms with van der Waals surface area (Å²) in [6.07, 6.45) is 0.693. The third-order valence-electron chi connectivity index (χ3n) is 4.75. The Hall–Kier alpha value is -2.05. The molecule has 0 bridgehead atoms. The van der Waals surface area contributed by atoms with Crippen LogP contribution in [0, 0.1) is 0 Å². The molecule has 0 aliphatic carbocycles. The van der Waals surface area contributed by atoms with Crippen LogP contribution in [0.4, 0.5) is 0 Å². The fraction of sp³-hybridized carbons (Fsp3) is 0.350. The Labute approximate surface area is 164 Å². The number of halogens is 1. The Morgan fingerprint density at radius 3 is 2.30 bits per heavy atom. The van der Waals surface area contributed by atoms with Crippen LogP contribution in [0.5, 0.6) is 5.75 Å². The van der Waals surface area contributed by atoms with E-state index in [1.165, 1.54) is 0 Å². The number of hydrogen-bond donors (Lipinski definition) is 0. The first-order valence-electron chi connectivity index (χ1n) is 8.73. The van der Waals surface area contributed by atoms with Gasteiger partial charge in [-0.15, -0.1) is 0 Å². The van der Waals surface area contributed by atoms with E-state index in [1.807, 2.05) is 36.4 Å². The van der Waals surface area contributed by atoms with Crippen LogP contribution in [0.25, 0.3) is 0 Å². The molecule has 1 fully saturated rings. The number of methoxy groups -OCH3 is 1. The molecule has 1 unspecified atom stereocenters. The first kappa shape index (κ1) is 19.7. The van der Waals surface area contributed by atoms with Crippen molar-refractivity contribution in [2.75, 3.05) is 18.6 Å². The van der Waals surface area contributed by atoms with Crippen molar-refractivity contribution in [1.29, 1.82) is 0 Å². The van der Waals surface area contributed by atoms with Gasteiger partial charge >= 0.3 is 0 Å². The van der Waals surface area contributed by atoms with Gasteiger partial charge in [-0.25, -0.2) is 8.42 Å². The minimum absolute atomic E-state index is 0.0228. The van der Waals surface area contributed by atoms with Crippen molar-refractivity contribution in [1.82, 2.24) is 4.90 Å². The molecule has 0 spiro atoms. The summed E-state index contributed by atoms with van der Waals surface area (Å²) in [5, 5.41) is 0.623. The number of carbonyl (C=O) groups excluding carboxylic acids is 1. The van der Waals surface area contributed by atoms with Crippen LogP contribution < -0.4 is 4.74 Å². The summed E-state index contributed by atoms with van der Waals surface area (Å²) >= 11 is 5.94. The van der Waals surface area contributed by atoms with Crippen LogP contribution in [0.2, 0.25) is 5.02 Å². The van der Waals surface area contributed by atoms with Crippen LogP contribution >= 0.6 is 11.6 Å². The number of hydrogen-bond acceptors (Lipinski definition) is 4. The van der Waals surface area contributed by atoms with Gasteiger partial charge in [0.2, 0.25) is 5.91 Å². The Bertz CT molecular complexity index is 895. The van der Waals surface area contributed by atoms with Gasteiger partial charge in [0.05, 0.1) is 25.0 Å². The molecule has 3 rings (SSSR count). The van der Waals surface area contributed by atoms with Crippen molar-refractivity contribution < 1.29 is 17.9 Å². The maximum atomic E-state index is 13.0. The van der Waals surface area contributed by atoms with Crippen molar-refractivity contribution in [3.8, 4) is 5.75 Å². The highest BCUT2D eigenvalue weighted by atomic mass is 35.5. The summed E-state index contributed by atoms with van der Waals surface area (Å²) in [7, 11) is -1.49. The molecule has 0 saturated carbocycles. The predicted octanol–water partition coefficient (Wildman–Crippen LogP) is 3.11. The number of rotatable bonds is 6. The maximum Gasteiger partial charge on any atom is 0.227 e. The minimum atomic E-state index is -3.09. The number of ether oxygens (including phenoxy) is 1. The van der Waals surface area contributed by atoms with E-state index in [9.17, 15) is 13.2 Å². The Balaban J connectivity index is 1.79. The summed E-state index contributed by atoms with van der Waals surface area (Å²) in [5.41, 5.74) is 1.79. The lowest BCUT2D eigenvalue weighted by Crippen LogP contribution is -2.41. The molecule has 0 N–H and O–H groups in total. The highest BCUT2D eigenvalue weighted by Crippen LogP contribution is 2.22. The van der Waals surface area contributed by atoms with Gasteiger partial charge in [0, 0.05) is 17.6 Å². The van der Waals surface area contributed by atoms with Gasteiger partial charge < -0.3 is 9.64 Å². The van der Waals surface area contributed by atoms with Crippen molar-refractivity contribution >= 4 is 27.3 Å². The largest absolute Gasteiger partial charge is 0.497 e. The van der Waals surface area contributed by atoms with Gasteiger partial charge in [0.25, 0.3) is 0 Å². The molecule has 0 radical (unpaired) electrons. The molecular weight excluding hydrogens is 386 g/mol. The van der Waals surface area contributed by atoms with E-state index in [1.54, 1.807) is 24.1 Å². The molecule has 1 aliphatic heterocycles. The zero-order valence-electron chi connectivity index (χ0n) is 15.1. The Morgan fingerprint density at radius 2 is 1.74 bits per heavy atom. The van der Waals surface area contributed by atoms with Gasteiger partial charge in [-0.2, -0.15) is 0 Å². The quantitative estimate of drug-likeness (QED) is 0.738. The summed E-state index contributed by atoms with van der Waals surface area (Å²) in [5.74, 6) is 0.794. The molecule has 2 aromatic rings. The monoisotopic (exact) mass is 407 g/mol. The zero-order chi connectivity index (χ0) is 19.4. The molecule has 144 valence electrons. The van der Waals surface area contributed by atoms with Crippen molar-refractivity contribution in [2.24, 2.45) is 0 Å². The fourth-order valence-corrected chi connectivity index (χ4v) is 5.10. The SMILES string of the molecule is COc1ccc(CC(=O)N(Cc2ccc(Cl)cc2)C2CCS(=O)(=O)C2)cc1. The van der Waals surface area contributed by atoms with E-state index in [4.69, 9.17) is 16.3 Å². The van der Waals surface area contributed by atoms with Crippen LogP contribution in [0.1, 0.15) is 17.5 Å². The lowest BCUT2D eigenvalue weighted by Gasteiger charge is -2.28. The molecule has 1 heterocycles. The van der Waals surface area contributed by atoms with E-state index < -0.39 is 9.84 Å². The summed E-state index contributed by atoms with van der Waals surface area (Å²) < 4.78 is 29.0. The second-order valence-electron chi connectivity index (χ2n) is 6.73. The second-order valence-corrected chi connectivity index (χ2v) is 9.39. The van der Waals surface area contributed by atoms with E-state index >= 15 is 0 Å². The third kappa shape index (κ3) is 5.23. The number of sulfone groups is 1. The van der Waals surface area contributed by atoms with Gasteiger partial charge in [-0.1, -0.05) is 35.9 Å². The Morgan fingerprint density at radius 1 is 1.11 bits per heavy atom. The number of carbonyl (C=O) groups is 1. The van der Waals surface area contributed by atoms with Crippen molar-refractivity contribution in [2.45, 2.75) is 25.4 Å². The summed E-state index contributed by atoms with van der Waals surface area (Å²) in [4.78, 5) is 14.7. The lowest BCUT2D eigenvalue weighted by atomic mass is 10.1. The Kier molecular flexibility index (Phi) is 6.07. The third-order valence-corrected chi connectivity index (χ3v) is 6.75. The minimum Gasteiger partial charge on any atom is -0.497 e. The molecule has 1 saturated heterocycles. The van der Waals surface area contributed by atoms with Crippen LogP contribution in [0.15, 0.2) is 48.5 Å². The molecule has 7 heteroatoms. The van der Waals surface area contributed by atoms with Crippen LogP contribution in [-0.2, 0) is 27.6 Å². The lowest BCUT2D eigenvalue weighted by molar-refractivity contribution is -0.133. The molecule has 1 aliphatic rings. The van der Waals surface area contributed by atoms with Crippen LogP contribution in [-0.4, -0.2) is 43.9 Å². The molecular formula is C20H22ClNO4S. The second kappa shape index (κ2) is 8.31. The molecule has 1 amide bonds. The molecule has 5 nitrogen and oxygen atoms in total. The average molecular weight is 408 g/mol. The molecule has 27 heavy (non-hydrogen) atoms. The van der Waals surface area contributed by atoms with Crippen molar-refractivity contribution in [3.05, 3.63) is 64.7 Å². The summed E-state index contributed by atoms with van der Waals surface area (Å²) in [6, 6.07) is 14.3. The average Bonchev–Trinajstić information content (AvgIpc) is 3.01. The first-order chi connectivity index (χ1) is 12.9. The van der Waals surface area contributed by atoms with Crippen LogP contribution in [0.3, 0.4) is 0 Å². The van der Waals surface area contributed by atoms with Gasteiger partial charge in [0.15, 0.2) is 9.84 Å². The van der Waals surface area contributed by atoms with E-state index in [0.29, 0.717) is 18.0 Å². The maximum absolute atomic E-state index is 13.0. The normalized spacial score (nSPS) is 18.2. The zero-order valence-corrected chi connectivity index (χ0v) is 16.7. The molecule has 1 atom stereocenters. The van der Waals surface area contributed by atoms with E-state index in [-0.39, 0.29) is 29.9 Å². The first-order valence-corrected chi connectivity index (χ1v) is 10.9. The van der Waals surface area contributed by atoms with Gasteiger partial charge in [-0.05, 0) is 41.8 Å². The predicted molar refractivity (Wildman–Crippen MR) is 106 cm³/mol. The fourth-order valence-electron chi connectivity index (χ4n) is 3.25. The van der Waals surface area contributed by atoms with E-state index in [0.717, 1.165) is 16.9 Å². The number of amides is 1. The van der Waals surface area contributed by atoms with Gasteiger partial charge in [0.1, 0.15) is 5.75 Å². The van der Waals surface area contributed by atoms with E-state index in [2.05, 4.69) is 0 Å². The number of benzene rings is 2. The molecule has 2 aromatic carbocycles. The van der Waals surface area contributed by atoms with Crippen molar-refractivity contribution in [3.63, 3.8) is 0 Å². The molecule has 0 aromatic heterocycles.